The zero-order chi connectivity index (χ0) is 13.1. The third-order valence-electron chi connectivity index (χ3n) is 2.62. The van der Waals surface area contributed by atoms with Gasteiger partial charge in [0.15, 0.2) is 5.78 Å². The lowest BCUT2D eigenvalue weighted by Gasteiger charge is -2.14. The van der Waals surface area contributed by atoms with Crippen LogP contribution in [0.15, 0.2) is 30.3 Å². The van der Waals surface area contributed by atoms with Gasteiger partial charge in [0.2, 0.25) is 0 Å². The van der Waals surface area contributed by atoms with Crippen LogP contribution in [-0.2, 0) is 9.53 Å². The van der Waals surface area contributed by atoms with E-state index in [1.807, 2.05) is 51.1 Å². The maximum atomic E-state index is 11.9. The van der Waals surface area contributed by atoms with E-state index in [0.717, 1.165) is 5.56 Å². The van der Waals surface area contributed by atoms with Crippen LogP contribution in [0.3, 0.4) is 0 Å². The molecule has 1 aliphatic heterocycles. The summed E-state index contributed by atoms with van der Waals surface area (Å²) < 4.78 is 14.9. The Balaban J connectivity index is 0.000000686. The number of benzene rings is 1. The molecule has 2 unspecified atom stereocenters. The summed E-state index contributed by atoms with van der Waals surface area (Å²) in [6.07, 6.45) is -0.245. The molecular weight excluding hydrogens is 219 g/mol. The largest absolute Gasteiger partial charge is 0.356 e. The van der Waals surface area contributed by atoms with Gasteiger partial charge in [-0.15, -0.1) is 0 Å². The van der Waals surface area contributed by atoms with Gasteiger partial charge in [0, 0.05) is 5.41 Å². The fourth-order valence-corrected chi connectivity index (χ4v) is 1.63. The molecule has 2 atom stereocenters. The summed E-state index contributed by atoms with van der Waals surface area (Å²) in [4.78, 5) is 11.9. The minimum Gasteiger partial charge on any atom is -0.356 e. The maximum absolute atomic E-state index is 11.9. The molecule has 0 aromatic heterocycles. The second-order valence-electron chi connectivity index (χ2n) is 5.00. The van der Waals surface area contributed by atoms with Gasteiger partial charge in [0.05, 0.1) is 7.18 Å². The van der Waals surface area contributed by atoms with Crippen molar-refractivity contribution >= 4 is 5.78 Å². The molecule has 0 radical (unpaired) electrons. The average Bonchev–Trinajstić information content (AvgIpc) is 3.10. The van der Waals surface area contributed by atoms with Crippen LogP contribution in [0.5, 0.6) is 0 Å². The smallest absolute Gasteiger partial charge is 0.169 e. The molecule has 17 heavy (non-hydrogen) atoms. The molecular formula is C14H19FO2. The number of carbonyl (C=O) groups is 1. The van der Waals surface area contributed by atoms with Crippen molar-refractivity contribution in [2.75, 3.05) is 7.18 Å². The monoisotopic (exact) mass is 238 g/mol. The molecule has 0 N–H and O–H groups in total. The summed E-state index contributed by atoms with van der Waals surface area (Å²) in [5, 5.41) is 0. The highest BCUT2D eigenvalue weighted by Gasteiger charge is 2.49. The molecule has 3 heteroatoms. The topological polar surface area (TPSA) is 29.6 Å². The van der Waals surface area contributed by atoms with Crippen molar-refractivity contribution < 1.29 is 13.9 Å². The van der Waals surface area contributed by atoms with Crippen LogP contribution in [0.4, 0.5) is 4.39 Å². The van der Waals surface area contributed by atoms with Crippen molar-refractivity contribution in [3.8, 4) is 0 Å². The molecule has 0 amide bonds. The highest BCUT2D eigenvalue weighted by atomic mass is 19.1. The van der Waals surface area contributed by atoms with E-state index in [4.69, 9.17) is 4.74 Å². The molecule has 2 nitrogen and oxygen atoms in total. The second-order valence-corrected chi connectivity index (χ2v) is 5.00. The third kappa shape index (κ3) is 3.37. The SMILES string of the molecule is CC(C)(C)C(=O)C1OC1c1ccccc1.CF. The number of ketones is 1. The number of Topliss-reactive ketones (excluding diaryl/α,β-unsaturated/α-hetero) is 1. The molecule has 0 spiro atoms. The highest BCUT2D eigenvalue weighted by molar-refractivity contribution is 5.90. The Morgan fingerprint density at radius 1 is 1.18 bits per heavy atom. The number of alkyl halides is 1. The summed E-state index contributed by atoms with van der Waals surface area (Å²) >= 11 is 0. The van der Waals surface area contributed by atoms with Gasteiger partial charge >= 0.3 is 0 Å². The van der Waals surface area contributed by atoms with E-state index in [-0.39, 0.29) is 23.4 Å². The van der Waals surface area contributed by atoms with Gasteiger partial charge in [0.1, 0.15) is 12.2 Å². The average molecular weight is 238 g/mol. The minimum atomic E-state index is -0.311. The van der Waals surface area contributed by atoms with E-state index in [9.17, 15) is 9.18 Å². The Morgan fingerprint density at radius 2 is 1.71 bits per heavy atom. The molecule has 0 saturated carbocycles. The van der Waals surface area contributed by atoms with Crippen molar-refractivity contribution in [2.45, 2.75) is 33.0 Å². The lowest BCUT2D eigenvalue weighted by molar-refractivity contribution is -0.127. The predicted molar refractivity (Wildman–Crippen MR) is 65.6 cm³/mol. The highest BCUT2D eigenvalue weighted by Crippen LogP contribution is 2.42. The summed E-state index contributed by atoms with van der Waals surface area (Å²) in [5.74, 6) is 0.191. The van der Waals surface area contributed by atoms with Gasteiger partial charge in [-0.05, 0) is 5.56 Å². The molecule has 1 saturated heterocycles. The lowest BCUT2D eigenvalue weighted by Crippen LogP contribution is -2.25. The van der Waals surface area contributed by atoms with E-state index in [1.54, 1.807) is 0 Å². The Hall–Kier alpha value is -1.22. The van der Waals surface area contributed by atoms with Gasteiger partial charge in [-0.25, -0.2) is 0 Å². The number of hydrogen-bond acceptors (Lipinski definition) is 2. The van der Waals surface area contributed by atoms with Crippen molar-refractivity contribution in [1.29, 1.82) is 0 Å². The van der Waals surface area contributed by atoms with Crippen LogP contribution >= 0.6 is 0 Å². The van der Waals surface area contributed by atoms with E-state index in [1.165, 1.54) is 0 Å². The van der Waals surface area contributed by atoms with E-state index in [2.05, 4.69) is 0 Å². The maximum Gasteiger partial charge on any atom is 0.169 e. The van der Waals surface area contributed by atoms with Crippen LogP contribution in [-0.4, -0.2) is 19.1 Å². The molecule has 1 fully saturated rings. The normalized spacial score (nSPS) is 22.4. The summed E-state index contributed by atoms with van der Waals surface area (Å²) in [6, 6.07) is 9.90. The molecule has 1 aromatic carbocycles. The zero-order valence-corrected chi connectivity index (χ0v) is 10.7. The van der Waals surface area contributed by atoms with E-state index < -0.39 is 0 Å². The van der Waals surface area contributed by atoms with Gasteiger partial charge in [-0.1, -0.05) is 51.1 Å². The molecule has 2 rings (SSSR count). The van der Waals surface area contributed by atoms with Crippen molar-refractivity contribution in [2.24, 2.45) is 5.41 Å². The van der Waals surface area contributed by atoms with Crippen LogP contribution in [0.2, 0.25) is 0 Å². The zero-order valence-electron chi connectivity index (χ0n) is 10.7. The Labute approximate surface area is 102 Å². The first kappa shape index (κ1) is 13.8. The number of rotatable bonds is 2. The van der Waals surface area contributed by atoms with Crippen LogP contribution < -0.4 is 0 Å². The molecule has 1 aliphatic rings. The first-order valence-electron chi connectivity index (χ1n) is 5.62. The van der Waals surface area contributed by atoms with Crippen LogP contribution in [0.1, 0.15) is 32.4 Å². The standard InChI is InChI=1S/C13H16O2.CH3F/c1-13(2,3)12(14)11-10(15-11)9-7-5-4-6-8-9;1-2/h4-8,10-11H,1-3H3;1H3. The molecule has 1 heterocycles. The first-order chi connectivity index (χ1) is 8.00. The number of epoxide rings is 1. The van der Waals surface area contributed by atoms with Gasteiger partial charge in [-0.3, -0.25) is 9.18 Å². The lowest BCUT2D eigenvalue weighted by atomic mass is 9.87. The first-order valence-corrected chi connectivity index (χ1v) is 5.62. The summed E-state index contributed by atoms with van der Waals surface area (Å²) in [6.45, 7) is 5.79. The quantitative estimate of drug-likeness (QED) is 0.740. The summed E-state index contributed by atoms with van der Waals surface area (Å²) in [7, 11) is 0.500. The van der Waals surface area contributed by atoms with E-state index >= 15 is 0 Å². The Bertz CT molecular complexity index is 368. The van der Waals surface area contributed by atoms with Crippen molar-refractivity contribution in [1.82, 2.24) is 0 Å². The summed E-state index contributed by atoms with van der Waals surface area (Å²) in [5.41, 5.74) is 0.786. The Kier molecular flexibility index (Phi) is 4.40. The molecule has 1 aromatic rings. The minimum absolute atomic E-state index is 0.0158. The molecule has 0 bridgehead atoms. The number of carbonyl (C=O) groups excluding carboxylic acids is 1. The molecule has 94 valence electrons. The van der Waals surface area contributed by atoms with Gasteiger partial charge < -0.3 is 4.74 Å². The van der Waals surface area contributed by atoms with Crippen LogP contribution in [0.25, 0.3) is 0 Å². The fourth-order valence-electron chi connectivity index (χ4n) is 1.63. The van der Waals surface area contributed by atoms with E-state index in [0.29, 0.717) is 7.18 Å². The number of ether oxygens (including phenoxy) is 1. The predicted octanol–water partition coefficient (Wildman–Crippen LogP) is 3.33. The van der Waals surface area contributed by atoms with Gasteiger partial charge in [0.25, 0.3) is 0 Å². The second kappa shape index (κ2) is 5.41. The van der Waals surface area contributed by atoms with Gasteiger partial charge in [-0.2, -0.15) is 0 Å². The van der Waals surface area contributed by atoms with Crippen molar-refractivity contribution in [3.63, 3.8) is 0 Å². The molecule has 0 aliphatic carbocycles. The number of halogens is 1. The third-order valence-corrected chi connectivity index (χ3v) is 2.62. The fraction of sp³-hybridized carbons (Fsp3) is 0.500. The number of hydrogen-bond donors (Lipinski definition) is 0. The van der Waals surface area contributed by atoms with Crippen molar-refractivity contribution in [3.05, 3.63) is 35.9 Å². The van der Waals surface area contributed by atoms with Crippen LogP contribution in [0, 0.1) is 5.41 Å². The Morgan fingerprint density at radius 3 is 2.18 bits per heavy atom.